The zero-order valence-corrected chi connectivity index (χ0v) is 15.6. The molecular weight excluding hydrogens is 348 g/mol. The summed E-state index contributed by atoms with van der Waals surface area (Å²) < 4.78 is 6.09. The smallest absolute Gasteiger partial charge is 0.138 e. The van der Waals surface area contributed by atoms with Gasteiger partial charge < -0.3 is 10.1 Å². The zero-order valence-electron chi connectivity index (χ0n) is 15.6. The molecule has 1 saturated heterocycles. The molecule has 0 bridgehead atoms. The summed E-state index contributed by atoms with van der Waals surface area (Å²) in [7, 11) is 0. The van der Waals surface area contributed by atoms with Crippen LogP contribution in [0.25, 0.3) is 22.4 Å². The van der Waals surface area contributed by atoms with Crippen LogP contribution in [0.2, 0.25) is 0 Å². The number of ether oxygens (including phenoxy) is 1. The van der Waals surface area contributed by atoms with Gasteiger partial charge in [-0.3, -0.25) is 9.97 Å². The number of nitrogens with zero attached hydrogens (tertiary/aromatic N) is 3. The summed E-state index contributed by atoms with van der Waals surface area (Å²) in [4.78, 5) is 8.91. The summed E-state index contributed by atoms with van der Waals surface area (Å²) >= 11 is 0. The van der Waals surface area contributed by atoms with Crippen molar-refractivity contribution in [3.05, 3.63) is 66.6 Å². The Hall–Kier alpha value is -3.23. The van der Waals surface area contributed by atoms with E-state index < -0.39 is 0 Å². The lowest BCUT2D eigenvalue weighted by Gasteiger charge is -2.22. The lowest BCUT2D eigenvalue weighted by molar-refractivity contribution is 0.215. The van der Waals surface area contributed by atoms with Crippen molar-refractivity contribution >= 4 is 0 Å². The highest BCUT2D eigenvalue weighted by molar-refractivity contribution is 5.81. The summed E-state index contributed by atoms with van der Waals surface area (Å²) in [6, 6.07) is 15.7. The van der Waals surface area contributed by atoms with E-state index >= 15 is 0 Å². The van der Waals surface area contributed by atoms with E-state index in [1.54, 1.807) is 12.4 Å². The maximum Gasteiger partial charge on any atom is 0.138 e. The van der Waals surface area contributed by atoms with Gasteiger partial charge in [0.05, 0.1) is 30.1 Å². The van der Waals surface area contributed by atoms with Crippen molar-refractivity contribution in [2.24, 2.45) is 5.92 Å². The fourth-order valence-corrected chi connectivity index (χ4v) is 3.46. The van der Waals surface area contributed by atoms with Crippen LogP contribution in [-0.2, 0) is 0 Å². The molecule has 0 radical (unpaired) electrons. The highest BCUT2D eigenvalue weighted by atomic mass is 16.5. The molecule has 5 heteroatoms. The Bertz CT molecular complexity index is 958. The van der Waals surface area contributed by atoms with Crippen molar-refractivity contribution < 1.29 is 4.74 Å². The van der Waals surface area contributed by atoms with Crippen molar-refractivity contribution in [1.29, 1.82) is 5.26 Å². The van der Waals surface area contributed by atoms with Gasteiger partial charge in [0.25, 0.3) is 0 Å². The minimum absolute atomic E-state index is 0.581. The molecule has 1 aliphatic heterocycles. The molecule has 1 N–H and O–H groups in total. The minimum atomic E-state index is 0.581. The maximum absolute atomic E-state index is 9.07. The molecule has 1 aromatic carbocycles. The first-order valence-corrected chi connectivity index (χ1v) is 9.58. The Morgan fingerprint density at radius 2 is 1.89 bits per heavy atom. The van der Waals surface area contributed by atoms with E-state index in [0.29, 0.717) is 18.1 Å². The van der Waals surface area contributed by atoms with Gasteiger partial charge in [0.1, 0.15) is 5.75 Å². The minimum Gasteiger partial charge on any atom is -0.492 e. The van der Waals surface area contributed by atoms with E-state index in [-0.39, 0.29) is 0 Å². The van der Waals surface area contributed by atoms with E-state index in [1.807, 2.05) is 48.7 Å². The largest absolute Gasteiger partial charge is 0.492 e. The molecule has 0 spiro atoms. The van der Waals surface area contributed by atoms with E-state index in [9.17, 15) is 0 Å². The van der Waals surface area contributed by atoms with Crippen molar-refractivity contribution in [1.82, 2.24) is 15.3 Å². The fraction of sp³-hybridized carbons (Fsp3) is 0.261. The van der Waals surface area contributed by atoms with Gasteiger partial charge in [-0.1, -0.05) is 12.1 Å². The normalized spacial score (nSPS) is 14.4. The molecule has 1 fully saturated rings. The third kappa shape index (κ3) is 4.19. The molecule has 0 saturated carbocycles. The van der Waals surface area contributed by atoms with Crippen LogP contribution in [0.15, 0.2) is 61.1 Å². The van der Waals surface area contributed by atoms with Gasteiger partial charge in [0, 0.05) is 23.5 Å². The third-order valence-electron chi connectivity index (χ3n) is 5.07. The number of pyridine rings is 2. The zero-order chi connectivity index (χ0) is 19.2. The third-order valence-corrected chi connectivity index (χ3v) is 5.07. The topological polar surface area (TPSA) is 70.8 Å². The highest BCUT2D eigenvalue weighted by Gasteiger charge is 2.15. The molecule has 28 heavy (non-hydrogen) atoms. The Balaban J connectivity index is 1.65. The molecule has 3 heterocycles. The summed E-state index contributed by atoms with van der Waals surface area (Å²) in [5, 5.41) is 12.5. The molecule has 140 valence electrons. The molecule has 3 aromatic rings. The number of piperidine rings is 1. The summed E-state index contributed by atoms with van der Waals surface area (Å²) in [6.45, 7) is 2.83. The molecule has 2 aromatic heterocycles. The lowest BCUT2D eigenvalue weighted by atomic mass is 9.98. The fourth-order valence-electron chi connectivity index (χ4n) is 3.46. The summed E-state index contributed by atoms with van der Waals surface area (Å²) in [5.74, 6) is 1.35. The number of nitrogens with one attached hydrogen (secondary N) is 1. The molecular formula is C23H22N4O. The number of rotatable bonds is 5. The van der Waals surface area contributed by atoms with Gasteiger partial charge in [-0.05, 0) is 67.7 Å². The van der Waals surface area contributed by atoms with Crippen LogP contribution in [0.4, 0.5) is 0 Å². The van der Waals surface area contributed by atoms with Crippen molar-refractivity contribution in [3.8, 4) is 34.2 Å². The van der Waals surface area contributed by atoms with Gasteiger partial charge in [-0.2, -0.15) is 5.26 Å². The number of hydrogen-bond donors (Lipinski definition) is 1. The van der Waals surface area contributed by atoms with Crippen LogP contribution in [0.3, 0.4) is 0 Å². The van der Waals surface area contributed by atoms with Gasteiger partial charge in [0.2, 0.25) is 0 Å². The van der Waals surface area contributed by atoms with Gasteiger partial charge in [0.15, 0.2) is 0 Å². The lowest BCUT2D eigenvalue weighted by Crippen LogP contribution is -2.30. The van der Waals surface area contributed by atoms with Crippen LogP contribution in [0.5, 0.6) is 5.75 Å². The van der Waals surface area contributed by atoms with E-state index in [0.717, 1.165) is 54.1 Å². The molecule has 0 unspecified atom stereocenters. The van der Waals surface area contributed by atoms with Crippen LogP contribution in [0, 0.1) is 17.2 Å². The van der Waals surface area contributed by atoms with E-state index in [1.165, 1.54) is 0 Å². The molecule has 1 aliphatic rings. The second kappa shape index (κ2) is 8.64. The Kier molecular flexibility index (Phi) is 5.60. The SMILES string of the molecule is N#Cc1ccc(-c2cc(OCC3CCNCC3)cnc2-c2cccnc2)cc1. The van der Waals surface area contributed by atoms with Crippen LogP contribution in [-0.4, -0.2) is 29.7 Å². The number of benzene rings is 1. The average Bonchev–Trinajstić information content (AvgIpc) is 2.79. The molecule has 0 atom stereocenters. The van der Waals surface area contributed by atoms with Crippen molar-refractivity contribution in [3.63, 3.8) is 0 Å². The predicted octanol–water partition coefficient (Wildman–Crippen LogP) is 4.06. The Morgan fingerprint density at radius 3 is 2.61 bits per heavy atom. The number of aromatic nitrogens is 2. The maximum atomic E-state index is 9.07. The second-order valence-corrected chi connectivity index (χ2v) is 7.00. The van der Waals surface area contributed by atoms with Crippen LogP contribution >= 0.6 is 0 Å². The monoisotopic (exact) mass is 370 g/mol. The van der Waals surface area contributed by atoms with Crippen LogP contribution in [0.1, 0.15) is 18.4 Å². The van der Waals surface area contributed by atoms with Gasteiger partial charge in [-0.15, -0.1) is 0 Å². The predicted molar refractivity (Wildman–Crippen MR) is 109 cm³/mol. The quantitative estimate of drug-likeness (QED) is 0.733. The number of hydrogen-bond acceptors (Lipinski definition) is 5. The second-order valence-electron chi connectivity index (χ2n) is 7.00. The first-order valence-electron chi connectivity index (χ1n) is 9.58. The first kappa shape index (κ1) is 18.1. The standard InChI is InChI=1S/C23H22N4O/c24-13-17-3-5-19(6-4-17)22-12-21(28-16-18-7-10-25-11-8-18)15-27-23(22)20-2-1-9-26-14-20/h1-6,9,12,14-15,18,25H,7-8,10-11,16H2. The summed E-state index contributed by atoms with van der Waals surface area (Å²) in [6.07, 6.45) is 7.64. The Labute approximate surface area is 165 Å². The average molecular weight is 370 g/mol. The van der Waals surface area contributed by atoms with Crippen LogP contribution < -0.4 is 10.1 Å². The summed E-state index contributed by atoms with van der Waals surface area (Å²) in [5.41, 5.74) is 4.41. The van der Waals surface area contributed by atoms with Gasteiger partial charge >= 0.3 is 0 Å². The molecule has 0 aliphatic carbocycles. The highest BCUT2D eigenvalue weighted by Crippen LogP contribution is 2.33. The molecule has 4 rings (SSSR count). The first-order chi connectivity index (χ1) is 13.8. The van der Waals surface area contributed by atoms with Crippen molar-refractivity contribution in [2.45, 2.75) is 12.8 Å². The van der Waals surface area contributed by atoms with E-state index in [4.69, 9.17) is 10.00 Å². The molecule has 5 nitrogen and oxygen atoms in total. The molecule has 0 amide bonds. The van der Waals surface area contributed by atoms with E-state index in [2.05, 4.69) is 21.4 Å². The van der Waals surface area contributed by atoms with Crippen molar-refractivity contribution in [2.75, 3.05) is 19.7 Å². The number of nitriles is 1. The Morgan fingerprint density at radius 1 is 1.07 bits per heavy atom. The van der Waals surface area contributed by atoms with Gasteiger partial charge in [-0.25, -0.2) is 0 Å².